The Morgan fingerprint density at radius 3 is 2.23 bits per heavy atom. The quantitative estimate of drug-likeness (QED) is 0.753. The molecule has 7 nitrogen and oxygen atoms in total. The van der Waals surface area contributed by atoms with Crippen molar-refractivity contribution >= 4 is 28.6 Å². The minimum absolute atomic E-state index is 0.201. The maximum Gasteiger partial charge on any atom is 0.414 e. The zero-order valence-electron chi connectivity index (χ0n) is 17.0. The maximum atomic E-state index is 12.7. The van der Waals surface area contributed by atoms with Crippen LogP contribution in [0.25, 0.3) is 10.8 Å². The van der Waals surface area contributed by atoms with Gasteiger partial charge in [0.05, 0.1) is 5.92 Å². The summed E-state index contributed by atoms with van der Waals surface area (Å²) >= 11 is 0. The molecule has 2 saturated heterocycles. The number of nitrogens with zero attached hydrogens (tertiary/aromatic N) is 2. The number of carbonyl (C=O) groups is 3. The molecule has 160 valence electrons. The number of hydrogen-bond acceptors (Lipinski definition) is 4. The number of carbonyl (C=O) groups excluding carboxylic acids is 1. The van der Waals surface area contributed by atoms with E-state index < -0.39 is 11.9 Å². The average molecular weight is 412 g/mol. The highest BCUT2D eigenvalue weighted by atomic mass is 16.4. The largest absolute Gasteiger partial charge is 0.473 e. The number of carboxylic acids is 2. The Morgan fingerprint density at radius 1 is 0.867 bits per heavy atom. The molecular weight excluding hydrogens is 384 g/mol. The van der Waals surface area contributed by atoms with E-state index in [-0.39, 0.29) is 5.92 Å². The lowest BCUT2D eigenvalue weighted by molar-refractivity contribution is -0.159. The van der Waals surface area contributed by atoms with Crippen molar-refractivity contribution in [1.29, 1.82) is 0 Å². The summed E-state index contributed by atoms with van der Waals surface area (Å²) in [5.74, 6) is -3.05. The van der Waals surface area contributed by atoms with Gasteiger partial charge in [-0.2, -0.15) is 0 Å². The molecule has 2 fully saturated rings. The number of likely N-dealkylation sites (tertiary alicyclic amines) is 2. The molecule has 2 aliphatic rings. The molecule has 0 radical (unpaired) electrons. The maximum absolute atomic E-state index is 12.7. The van der Waals surface area contributed by atoms with Crippen LogP contribution < -0.4 is 0 Å². The first-order chi connectivity index (χ1) is 14.5. The molecule has 2 aromatic carbocycles. The molecule has 4 rings (SSSR count). The molecule has 1 amide bonds. The Balaban J connectivity index is 0.000000377. The molecule has 7 heteroatoms. The van der Waals surface area contributed by atoms with E-state index in [1.165, 1.54) is 29.2 Å². The molecule has 0 bridgehead atoms. The highest BCUT2D eigenvalue weighted by Gasteiger charge is 2.30. The van der Waals surface area contributed by atoms with E-state index in [1.54, 1.807) is 0 Å². The number of piperidine rings is 1. The fourth-order valence-corrected chi connectivity index (χ4v) is 4.27. The molecule has 30 heavy (non-hydrogen) atoms. The van der Waals surface area contributed by atoms with Gasteiger partial charge in [0.2, 0.25) is 5.91 Å². The van der Waals surface area contributed by atoms with Crippen molar-refractivity contribution in [2.24, 2.45) is 5.92 Å². The average Bonchev–Trinajstić information content (AvgIpc) is 3.29. The van der Waals surface area contributed by atoms with Crippen molar-refractivity contribution in [2.45, 2.75) is 32.2 Å². The standard InChI is InChI=1S/C21H26N2O.C2H2O4/c24-21(23-13-3-4-14-23)19-10-6-12-22(16-19)15-18-9-5-8-17-7-1-2-11-20(17)18;3-1(4)2(5)6/h1-2,5,7-9,11,19H,3-4,6,10,12-16H2;(H,3,4)(H,5,6). The fourth-order valence-electron chi connectivity index (χ4n) is 4.27. The number of rotatable bonds is 3. The molecule has 0 saturated carbocycles. The first-order valence-electron chi connectivity index (χ1n) is 10.4. The molecule has 1 unspecified atom stereocenters. The molecule has 2 heterocycles. The van der Waals surface area contributed by atoms with E-state index >= 15 is 0 Å². The van der Waals surface area contributed by atoms with Gasteiger partial charge in [0, 0.05) is 26.2 Å². The van der Waals surface area contributed by atoms with Crippen molar-refractivity contribution in [3.8, 4) is 0 Å². The second-order valence-electron chi connectivity index (χ2n) is 7.86. The molecule has 0 spiro atoms. The Hall–Kier alpha value is -2.93. The van der Waals surface area contributed by atoms with Gasteiger partial charge in [-0.25, -0.2) is 9.59 Å². The van der Waals surface area contributed by atoms with Crippen LogP contribution in [0, 0.1) is 5.92 Å². The third-order valence-corrected chi connectivity index (χ3v) is 5.73. The monoisotopic (exact) mass is 412 g/mol. The summed E-state index contributed by atoms with van der Waals surface area (Å²) in [6, 6.07) is 15.1. The van der Waals surface area contributed by atoms with Gasteiger partial charge in [0.25, 0.3) is 0 Å². The van der Waals surface area contributed by atoms with Crippen LogP contribution in [-0.4, -0.2) is 64.0 Å². The summed E-state index contributed by atoms with van der Waals surface area (Å²) in [4.78, 5) is 35.5. The van der Waals surface area contributed by atoms with Gasteiger partial charge in [-0.1, -0.05) is 42.5 Å². The summed E-state index contributed by atoms with van der Waals surface area (Å²) in [6.07, 6.45) is 4.55. The smallest absolute Gasteiger partial charge is 0.414 e. The van der Waals surface area contributed by atoms with Crippen molar-refractivity contribution in [3.05, 3.63) is 48.0 Å². The second kappa shape index (κ2) is 10.2. The van der Waals surface area contributed by atoms with E-state index in [0.717, 1.165) is 45.6 Å². The van der Waals surface area contributed by atoms with Crippen LogP contribution in [0.1, 0.15) is 31.2 Å². The van der Waals surface area contributed by atoms with Crippen LogP contribution in [0.3, 0.4) is 0 Å². The normalized spacial score (nSPS) is 19.2. The molecular formula is C23H28N2O5. The number of benzene rings is 2. The lowest BCUT2D eigenvalue weighted by Gasteiger charge is -2.34. The summed E-state index contributed by atoms with van der Waals surface area (Å²) in [5.41, 5.74) is 1.38. The van der Waals surface area contributed by atoms with E-state index in [1.807, 2.05) is 0 Å². The van der Waals surface area contributed by atoms with Crippen LogP contribution in [0.5, 0.6) is 0 Å². The van der Waals surface area contributed by atoms with Crippen LogP contribution >= 0.6 is 0 Å². The van der Waals surface area contributed by atoms with Crippen molar-refractivity contribution in [1.82, 2.24) is 9.80 Å². The predicted octanol–water partition coefficient (Wildman–Crippen LogP) is 2.83. The highest BCUT2D eigenvalue weighted by Crippen LogP contribution is 2.25. The number of hydrogen-bond donors (Lipinski definition) is 2. The molecule has 0 aliphatic carbocycles. The summed E-state index contributed by atoms with van der Waals surface area (Å²) < 4.78 is 0. The zero-order chi connectivity index (χ0) is 21.5. The highest BCUT2D eigenvalue weighted by molar-refractivity contribution is 6.27. The fraction of sp³-hybridized carbons (Fsp3) is 0.435. The third-order valence-electron chi connectivity index (χ3n) is 5.73. The van der Waals surface area contributed by atoms with Crippen LogP contribution in [0.2, 0.25) is 0 Å². The Labute approximate surface area is 175 Å². The minimum atomic E-state index is -1.82. The lowest BCUT2D eigenvalue weighted by Crippen LogP contribution is -2.43. The van der Waals surface area contributed by atoms with Gasteiger partial charge in [-0.05, 0) is 48.6 Å². The van der Waals surface area contributed by atoms with Gasteiger partial charge in [0.15, 0.2) is 0 Å². The molecule has 2 aromatic rings. The van der Waals surface area contributed by atoms with Crippen molar-refractivity contribution in [2.75, 3.05) is 26.2 Å². The first kappa shape index (κ1) is 21.8. The minimum Gasteiger partial charge on any atom is -0.473 e. The first-order valence-corrected chi connectivity index (χ1v) is 10.4. The van der Waals surface area contributed by atoms with E-state index in [9.17, 15) is 4.79 Å². The van der Waals surface area contributed by atoms with Gasteiger partial charge >= 0.3 is 11.9 Å². The second-order valence-corrected chi connectivity index (χ2v) is 7.86. The summed E-state index contributed by atoms with van der Waals surface area (Å²) in [6.45, 7) is 4.91. The van der Waals surface area contributed by atoms with Crippen LogP contribution in [-0.2, 0) is 20.9 Å². The Morgan fingerprint density at radius 2 is 1.53 bits per heavy atom. The van der Waals surface area contributed by atoms with Crippen LogP contribution in [0.4, 0.5) is 0 Å². The van der Waals surface area contributed by atoms with Gasteiger partial charge in [-0.3, -0.25) is 9.69 Å². The molecule has 2 aliphatic heterocycles. The SMILES string of the molecule is O=C(C1CCCN(Cc2cccc3ccccc23)C1)N1CCCC1.O=C(O)C(=O)O. The third kappa shape index (κ3) is 5.57. The van der Waals surface area contributed by atoms with E-state index in [4.69, 9.17) is 19.8 Å². The van der Waals surface area contributed by atoms with E-state index in [2.05, 4.69) is 52.3 Å². The van der Waals surface area contributed by atoms with Gasteiger partial charge in [-0.15, -0.1) is 0 Å². The number of aliphatic carboxylic acids is 2. The van der Waals surface area contributed by atoms with Gasteiger partial charge < -0.3 is 15.1 Å². The molecule has 2 N–H and O–H groups in total. The zero-order valence-corrected chi connectivity index (χ0v) is 17.0. The number of amides is 1. The topological polar surface area (TPSA) is 98.2 Å². The Bertz CT molecular complexity index is 890. The summed E-state index contributed by atoms with van der Waals surface area (Å²) in [7, 11) is 0. The number of carboxylic acid groups (broad SMARTS) is 2. The number of fused-ring (bicyclic) bond motifs is 1. The molecule has 1 atom stereocenters. The predicted molar refractivity (Wildman–Crippen MR) is 113 cm³/mol. The lowest BCUT2D eigenvalue weighted by atomic mass is 9.95. The van der Waals surface area contributed by atoms with E-state index in [0.29, 0.717) is 5.91 Å². The summed E-state index contributed by atoms with van der Waals surface area (Å²) in [5, 5.41) is 17.4. The van der Waals surface area contributed by atoms with Gasteiger partial charge in [0.1, 0.15) is 0 Å². The van der Waals surface area contributed by atoms with Crippen LogP contribution in [0.15, 0.2) is 42.5 Å². The van der Waals surface area contributed by atoms with Crippen molar-refractivity contribution in [3.63, 3.8) is 0 Å². The molecule has 0 aromatic heterocycles. The Kier molecular flexibility index (Phi) is 7.41. The van der Waals surface area contributed by atoms with Crippen molar-refractivity contribution < 1.29 is 24.6 Å².